The predicted octanol–water partition coefficient (Wildman–Crippen LogP) is 2.89. The summed E-state index contributed by atoms with van der Waals surface area (Å²) in [7, 11) is 1.88. The second-order valence-electron chi connectivity index (χ2n) is 5.46. The monoisotopic (exact) mass is 273 g/mol. The fourth-order valence-corrected chi connectivity index (χ4v) is 2.85. The first-order valence-electron chi connectivity index (χ1n) is 7.52. The molecule has 0 aromatic heterocycles. The lowest BCUT2D eigenvalue weighted by Gasteiger charge is -2.32. The van der Waals surface area contributed by atoms with Crippen LogP contribution in [0.15, 0.2) is 24.3 Å². The summed E-state index contributed by atoms with van der Waals surface area (Å²) in [5, 5.41) is 12.4. The first-order valence-corrected chi connectivity index (χ1v) is 7.52. The van der Waals surface area contributed by atoms with Crippen molar-refractivity contribution in [3.8, 4) is 6.07 Å². The summed E-state index contributed by atoms with van der Waals surface area (Å²) >= 11 is 0. The van der Waals surface area contributed by atoms with E-state index in [4.69, 9.17) is 5.73 Å². The molecule has 0 unspecified atom stereocenters. The van der Waals surface area contributed by atoms with Crippen LogP contribution in [0.1, 0.15) is 43.2 Å². The molecule has 0 aliphatic heterocycles. The van der Waals surface area contributed by atoms with E-state index in [0.717, 1.165) is 25.9 Å². The van der Waals surface area contributed by atoms with E-state index in [2.05, 4.69) is 36.5 Å². The Labute approximate surface area is 123 Å². The molecule has 1 aliphatic carbocycles. The highest BCUT2D eigenvalue weighted by molar-refractivity contribution is 5.38. The fraction of sp³-hybridized carbons (Fsp3) is 0.588. The van der Waals surface area contributed by atoms with Gasteiger partial charge in [-0.15, -0.1) is 0 Å². The van der Waals surface area contributed by atoms with Crippen molar-refractivity contribution in [2.24, 2.45) is 5.73 Å². The summed E-state index contributed by atoms with van der Waals surface area (Å²) in [5.41, 5.74) is 7.41. The fourth-order valence-electron chi connectivity index (χ4n) is 2.85. The zero-order valence-electron chi connectivity index (χ0n) is 12.8. The minimum Gasteiger partial charge on any atom is -0.329 e. The van der Waals surface area contributed by atoms with Crippen molar-refractivity contribution in [1.29, 1.82) is 5.26 Å². The third-order valence-electron chi connectivity index (χ3n) is 3.98. The standard InChI is InChI=1S/C14H17N.C3H10N2/c1-12-7-3-4-8-13(12)14(11-15)9-5-2-6-10-14;1-5-3-2-4/h3-4,7-8H,2,5-6,9-10H2,1H3;5H,2-4H2,1H3. The summed E-state index contributed by atoms with van der Waals surface area (Å²) in [6.07, 6.45) is 5.75. The van der Waals surface area contributed by atoms with Gasteiger partial charge >= 0.3 is 0 Å². The second kappa shape index (κ2) is 8.73. The largest absolute Gasteiger partial charge is 0.329 e. The molecule has 3 nitrogen and oxygen atoms in total. The number of benzene rings is 1. The van der Waals surface area contributed by atoms with E-state index in [-0.39, 0.29) is 5.41 Å². The van der Waals surface area contributed by atoms with Gasteiger partial charge in [0.2, 0.25) is 0 Å². The van der Waals surface area contributed by atoms with Gasteiger partial charge in [0.05, 0.1) is 11.5 Å². The molecule has 0 radical (unpaired) electrons. The molecule has 2 rings (SSSR count). The zero-order chi connectivity index (χ0) is 14.8. The molecular weight excluding hydrogens is 246 g/mol. The van der Waals surface area contributed by atoms with Crippen LogP contribution in [-0.4, -0.2) is 20.1 Å². The number of nitriles is 1. The molecule has 1 aliphatic rings. The maximum Gasteiger partial charge on any atom is 0.0825 e. The van der Waals surface area contributed by atoms with E-state index in [1.54, 1.807) is 0 Å². The van der Waals surface area contributed by atoms with E-state index in [1.807, 2.05) is 13.1 Å². The van der Waals surface area contributed by atoms with Gasteiger partial charge < -0.3 is 11.1 Å². The van der Waals surface area contributed by atoms with Crippen molar-refractivity contribution >= 4 is 0 Å². The molecule has 0 saturated heterocycles. The summed E-state index contributed by atoms with van der Waals surface area (Å²) < 4.78 is 0. The van der Waals surface area contributed by atoms with Gasteiger partial charge in [-0.2, -0.15) is 5.26 Å². The topological polar surface area (TPSA) is 61.8 Å². The van der Waals surface area contributed by atoms with Crippen LogP contribution in [0.5, 0.6) is 0 Å². The van der Waals surface area contributed by atoms with Gasteiger partial charge in [-0.1, -0.05) is 43.5 Å². The Bertz CT molecular complexity index is 426. The smallest absolute Gasteiger partial charge is 0.0825 e. The Hall–Kier alpha value is -1.37. The lowest BCUT2D eigenvalue weighted by atomic mass is 9.69. The molecule has 20 heavy (non-hydrogen) atoms. The summed E-state index contributed by atoms with van der Waals surface area (Å²) in [6.45, 7) is 3.76. The van der Waals surface area contributed by atoms with Gasteiger partial charge in [-0.3, -0.25) is 0 Å². The minimum atomic E-state index is -0.191. The maximum absolute atomic E-state index is 9.47. The van der Waals surface area contributed by atoms with E-state index in [0.29, 0.717) is 0 Å². The van der Waals surface area contributed by atoms with Crippen LogP contribution < -0.4 is 11.1 Å². The Balaban J connectivity index is 0.000000347. The number of nitrogens with two attached hydrogens (primary N) is 1. The lowest BCUT2D eigenvalue weighted by Crippen LogP contribution is -2.27. The zero-order valence-corrected chi connectivity index (χ0v) is 12.8. The third-order valence-corrected chi connectivity index (χ3v) is 3.98. The molecule has 110 valence electrons. The van der Waals surface area contributed by atoms with Gasteiger partial charge in [0, 0.05) is 13.1 Å². The highest BCUT2D eigenvalue weighted by atomic mass is 14.8. The molecular formula is C17H27N3. The van der Waals surface area contributed by atoms with Crippen LogP contribution in [0.3, 0.4) is 0 Å². The van der Waals surface area contributed by atoms with E-state index in [9.17, 15) is 5.26 Å². The highest BCUT2D eigenvalue weighted by Crippen LogP contribution is 2.40. The van der Waals surface area contributed by atoms with E-state index >= 15 is 0 Å². The molecule has 0 bridgehead atoms. The van der Waals surface area contributed by atoms with Crippen molar-refractivity contribution in [2.45, 2.75) is 44.4 Å². The molecule has 0 amide bonds. The number of rotatable bonds is 3. The van der Waals surface area contributed by atoms with Crippen molar-refractivity contribution in [1.82, 2.24) is 5.32 Å². The van der Waals surface area contributed by atoms with Crippen LogP contribution in [0, 0.1) is 18.3 Å². The van der Waals surface area contributed by atoms with Gasteiger partial charge in [0.25, 0.3) is 0 Å². The van der Waals surface area contributed by atoms with Crippen molar-refractivity contribution in [2.75, 3.05) is 20.1 Å². The maximum atomic E-state index is 9.47. The number of hydrogen-bond acceptors (Lipinski definition) is 3. The Morgan fingerprint density at radius 3 is 2.35 bits per heavy atom. The molecule has 0 atom stereocenters. The van der Waals surface area contributed by atoms with Gasteiger partial charge in [0.15, 0.2) is 0 Å². The molecule has 1 aromatic rings. The van der Waals surface area contributed by atoms with E-state index < -0.39 is 0 Å². The first kappa shape index (κ1) is 16.7. The molecule has 1 saturated carbocycles. The van der Waals surface area contributed by atoms with Gasteiger partial charge in [-0.05, 0) is 37.9 Å². The van der Waals surface area contributed by atoms with Crippen molar-refractivity contribution in [3.63, 3.8) is 0 Å². The number of aryl methyl sites for hydroxylation is 1. The van der Waals surface area contributed by atoms with Crippen LogP contribution in [-0.2, 0) is 5.41 Å². The van der Waals surface area contributed by atoms with Crippen LogP contribution in [0.4, 0.5) is 0 Å². The quantitative estimate of drug-likeness (QED) is 0.890. The van der Waals surface area contributed by atoms with Gasteiger partial charge in [0.1, 0.15) is 0 Å². The Morgan fingerprint density at radius 1 is 1.25 bits per heavy atom. The average Bonchev–Trinajstić information content (AvgIpc) is 2.50. The highest BCUT2D eigenvalue weighted by Gasteiger charge is 2.34. The molecule has 0 heterocycles. The summed E-state index contributed by atoms with van der Waals surface area (Å²) in [6, 6.07) is 10.9. The van der Waals surface area contributed by atoms with Gasteiger partial charge in [-0.25, -0.2) is 0 Å². The molecule has 1 aromatic carbocycles. The predicted molar refractivity (Wildman–Crippen MR) is 84.5 cm³/mol. The third kappa shape index (κ3) is 4.33. The van der Waals surface area contributed by atoms with Crippen molar-refractivity contribution < 1.29 is 0 Å². The second-order valence-corrected chi connectivity index (χ2v) is 5.46. The molecule has 3 heteroatoms. The number of nitrogens with zero attached hydrogens (tertiary/aromatic N) is 1. The number of nitrogens with one attached hydrogen (secondary N) is 1. The summed E-state index contributed by atoms with van der Waals surface area (Å²) in [4.78, 5) is 0. The van der Waals surface area contributed by atoms with Crippen molar-refractivity contribution in [3.05, 3.63) is 35.4 Å². The summed E-state index contributed by atoms with van der Waals surface area (Å²) in [5.74, 6) is 0. The number of hydrogen-bond donors (Lipinski definition) is 2. The Kier molecular flexibility index (Phi) is 7.28. The lowest BCUT2D eigenvalue weighted by molar-refractivity contribution is 0.365. The molecule has 1 fully saturated rings. The average molecular weight is 273 g/mol. The molecule has 3 N–H and O–H groups in total. The first-order chi connectivity index (χ1) is 9.70. The van der Waals surface area contributed by atoms with Crippen LogP contribution in [0.2, 0.25) is 0 Å². The number of likely N-dealkylation sites (N-methyl/N-ethyl adjacent to an activating group) is 1. The normalized spacial score (nSPS) is 16.7. The minimum absolute atomic E-state index is 0.191. The van der Waals surface area contributed by atoms with Crippen LogP contribution >= 0.6 is 0 Å². The Morgan fingerprint density at radius 2 is 1.90 bits per heavy atom. The van der Waals surface area contributed by atoms with E-state index in [1.165, 1.54) is 30.4 Å². The SMILES string of the molecule is CNCCN.Cc1ccccc1C1(C#N)CCCCC1. The van der Waals surface area contributed by atoms with Crippen LogP contribution in [0.25, 0.3) is 0 Å². The molecule has 0 spiro atoms.